The number of nitrogens with zero attached hydrogens (tertiary/aromatic N) is 2. The van der Waals surface area contributed by atoms with Gasteiger partial charge >= 0.3 is 0 Å². The fourth-order valence-electron chi connectivity index (χ4n) is 1.91. The van der Waals surface area contributed by atoms with Crippen molar-refractivity contribution in [2.45, 2.75) is 32.9 Å². The number of carbonyl (C=O) groups excluding carboxylic acids is 2. The fraction of sp³-hybridized carbons (Fsp3) is 0.462. The first-order chi connectivity index (χ1) is 9.38. The number of rotatable bonds is 3. The third-order valence-electron chi connectivity index (χ3n) is 2.94. The molecule has 1 saturated heterocycles. The van der Waals surface area contributed by atoms with Gasteiger partial charge in [-0.25, -0.2) is 0 Å². The van der Waals surface area contributed by atoms with Gasteiger partial charge in [-0.3, -0.25) is 14.9 Å². The van der Waals surface area contributed by atoms with Gasteiger partial charge in [-0.1, -0.05) is 0 Å². The molecule has 1 fully saturated rings. The number of nitrogens with two attached hydrogens (primary N) is 1. The molecule has 2 heterocycles. The van der Waals surface area contributed by atoms with Gasteiger partial charge in [0.2, 0.25) is 17.7 Å². The van der Waals surface area contributed by atoms with Gasteiger partial charge in [0.1, 0.15) is 11.9 Å². The van der Waals surface area contributed by atoms with Crippen molar-refractivity contribution in [1.29, 1.82) is 0 Å². The summed E-state index contributed by atoms with van der Waals surface area (Å²) in [7, 11) is 0. The molecule has 7 heteroatoms. The molecule has 108 valence electrons. The Morgan fingerprint density at radius 1 is 1.45 bits per heavy atom. The normalized spacial score (nSPS) is 19.2. The molecule has 1 aliphatic heterocycles. The molecule has 0 bridgehead atoms. The lowest BCUT2D eigenvalue weighted by Gasteiger charge is -2.32. The highest BCUT2D eigenvalue weighted by atomic mass is 16.5. The van der Waals surface area contributed by atoms with Crippen LogP contribution < -0.4 is 20.7 Å². The van der Waals surface area contributed by atoms with E-state index in [0.717, 1.165) is 0 Å². The van der Waals surface area contributed by atoms with E-state index in [2.05, 4.69) is 10.3 Å². The van der Waals surface area contributed by atoms with E-state index in [1.807, 2.05) is 13.8 Å². The van der Waals surface area contributed by atoms with Crippen molar-refractivity contribution in [1.82, 2.24) is 10.3 Å². The first-order valence-electron chi connectivity index (χ1n) is 6.42. The predicted molar refractivity (Wildman–Crippen MR) is 74.4 cm³/mol. The Bertz CT molecular complexity index is 544. The molecule has 0 aliphatic carbocycles. The summed E-state index contributed by atoms with van der Waals surface area (Å²) in [6.45, 7) is 5.52. The van der Waals surface area contributed by atoms with Crippen LogP contribution in [0.15, 0.2) is 12.1 Å². The lowest BCUT2D eigenvalue weighted by Crippen LogP contribution is -2.57. The lowest BCUT2D eigenvalue weighted by atomic mass is 10.2. The van der Waals surface area contributed by atoms with Crippen LogP contribution in [0.1, 0.15) is 20.8 Å². The molecule has 1 atom stereocenters. The van der Waals surface area contributed by atoms with E-state index in [1.165, 1.54) is 0 Å². The number of hydrogen-bond acceptors (Lipinski definition) is 6. The maximum Gasteiger partial charge on any atom is 0.249 e. The summed E-state index contributed by atoms with van der Waals surface area (Å²) in [6, 6.07) is 2.85. The first-order valence-corrected chi connectivity index (χ1v) is 6.42. The highest BCUT2D eigenvalue weighted by Crippen LogP contribution is 2.25. The van der Waals surface area contributed by atoms with Crippen LogP contribution in [0.2, 0.25) is 0 Å². The van der Waals surface area contributed by atoms with Crippen molar-refractivity contribution >= 4 is 23.3 Å². The fourth-order valence-corrected chi connectivity index (χ4v) is 1.91. The molecular weight excluding hydrogens is 260 g/mol. The Labute approximate surface area is 117 Å². The molecule has 3 N–H and O–H groups in total. The lowest BCUT2D eigenvalue weighted by molar-refractivity contribution is -0.132. The summed E-state index contributed by atoms with van der Waals surface area (Å²) in [4.78, 5) is 29.1. The molecule has 0 spiro atoms. The van der Waals surface area contributed by atoms with E-state index in [4.69, 9.17) is 10.5 Å². The van der Waals surface area contributed by atoms with Gasteiger partial charge < -0.3 is 15.4 Å². The minimum absolute atomic E-state index is 0.0660. The van der Waals surface area contributed by atoms with Crippen LogP contribution in [0.4, 0.5) is 11.5 Å². The molecule has 1 unspecified atom stereocenters. The van der Waals surface area contributed by atoms with Crippen LogP contribution in [0, 0.1) is 0 Å². The highest BCUT2D eigenvalue weighted by molar-refractivity contribution is 6.04. The molecular formula is C13H18N4O3. The van der Waals surface area contributed by atoms with Crippen molar-refractivity contribution in [3.05, 3.63) is 12.1 Å². The quantitative estimate of drug-likeness (QED) is 0.772. The monoisotopic (exact) mass is 278 g/mol. The molecule has 1 aliphatic rings. The van der Waals surface area contributed by atoms with Crippen molar-refractivity contribution in [2.75, 3.05) is 17.2 Å². The van der Waals surface area contributed by atoms with Gasteiger partial charge in [0, 0.05) is 0 Å². The largest absolute Gasteiger partial charge is 0.473 e. The molecule has 7 nitrogen and oxygen atoms in total. The summed E-state index contributed by atoms with van der Waals surface area (Å²) in [6.07, 6.45) is -0.0660. The summed E-state index contributed by atoms with van der Waals surface area (Å²) < 4.78 is 5.52. The van der Waals surface area contributed by atoms with Crippen LogP contribution in [0.5, 0.6) is 5.88 Å². The molecule has 0 aromatic carbocycles. The molecule has 1 aromatic rings. The number of pyridine rings is 1. The van der Waals surface area contributed by atoms with Gasteiger partial charge in [0.15, 0.2) is 0 Å². The second-order valence-corrected chi connectivity index (χ2v) is 4.95. The van der Waals surface area contributed by atoms with E-state index in [9.17, 15) is 9.59 Å². The molecule has 0 radical (unpaired) electrons. The SMILES string of the molecule is CC(C)Oc1nc(N2CC(=O)NC(=O)C2C)ccc1N. The average Bonchev–Trinajstić information content (AvgIpc) is 2.36. The first kappa shape index (κ1) is 14.1. The Morgan fingerprint density at radius 3 is 2.80 bits per heavy atom. The summed E-state index contributed by atoms with van der Waals surface area (Å²) in [5.41, 5.74) is 6.22. The van der Waals surface area contributed by atoms with Crippen molar-refractivity contribution in [3.63, 3.8) is 0 Å². The number of aromatic nitrogens is 1. The zero-order valence-corrected chi connectivity index (χ0v) is 11.7. The van der Waals surface area contributed by atoms with E-state index >= 15 is 0 Å². The van der Waals surface area contributed by atoms with E-state index in [-0.39, 0.29) is 24.5 Å². The maximum absolute atomic E-state index is 11.7. The molecule has 1 aromatic heterocycles. The van der Waals surface area contributed by atoms with Gasteiger partial charge in [0.25, 0.3) is 0 Å². The smallest absolute Gasteiger partial charge is 0.249 e. The van der Waals surface area contributed by atoms with Gasteiger partial charge in [0.05, 0.1) is 18.3 Å². The number of hydrogen-bond donors (Lipinski definition) is 2. The Hall–Kier alpha value is -2.31. The van der Waals surface area contributed by atoms with Crippen LogP contribution in [0.25, 0.3) is 0 Å². The van der Waals surface area contributed by atoms with Crippen LogP contribution in [-0.4, -0.2) is 35.5 Å². The zero-order valence-electron chi connectivity index (χ0n) is 11.7. The second kappa shape index (κ2) is 5.36. The topological polar surface area (TPSA) is 97.5 Å². The van der Waals surface area contributed by atoms with Crippen LogP contribution >= 0.6 is 0 Å². The van der Waals surface area contributed by atoms with Crippen molar-refractivity contribution in [3.8, 4) is 5.88 Å². The third kappa shape index (κ3) is 2.81. The molecule has 0 saturated carbocycles. The summed E-state index contributed by atoms with van der Waals surface area (Å²) >= 11 is 0. The summed E-state index contributed by atoms with van der Waals surface area (Å²) in [5, 5.41) is 2.28. The second-order valence-electron chi connectivity index (χ2n) is 4.95. The van der Waals surface area contributed by atoms with E-state index in [0.29, 0.717) is 17.4 Å². The molecule has 2 amide bonds. The maximum atomic E-state index is 11.7. The summed E-state index contributed by atoms with van der Waals surface area (Å²) in [5.74, 6) is 0.109. The number of ether oxygens (including phenoxy) is 1. The van der Waals surface area contributed by atoms with Crippen molar-refractivity contribution in [2.24, 2.45) is 0 Å². The van der Waals surface area contributed by atoms with Crippen LogP contribution in [-0.2, 0) is 9.59 Å². The van der Waals surface area contributed by atoms with E-state index < -0.39 is 6.04 Å². The number of piperazine rings is 1. The Balaban J connectivity index is 2.32. The minimum atomic E-state index is -0.476. The van der Waals surface area contributed by atoms with Crippen molar-refractivity contribution < 1.29 is 14.3 Å². The predicted octanol–water partition coefficient (Wildman–Crippen LogP) is 0.302. The van der Waals surface area contributed by atoms with Gasteiger partial charge in [-0.2, -0.15) is 4.98 Å². The third-order valence-corrected chi connectivity index (χ3v) is 2.94. The standard InChI is InChI=1S/C13H18N4O3/c1-7(2)20-13-9(14)4-5-10(15-13)17-6-11(18)16-12(19)8(17)3/h4-5,7-8H,6,14H2,1-3H3,(H,16,18,19). The Morgan fingerprint density at radius 2 is 2.15 bits per heavy atom. The van der Waals surface area contributed by atoms with Gasteiger partial charge in [-0.15, -0.1) is 0 Å². The number of carbonyl (C=O) groups is 2. The number of nitrogen functional groups attached to an aromatic ring is 1. The zero-order chi connectivity index (χ0) is 14.9. The number of anilines is 2. The number of amides is 2. The average molecular weight is 278 g/mol. The number of imide groups is 1. The Kier molecular flexibility index (Phi) is 3.78. The molecule has 20 heavy (non-hydrogen) atoms. The van der Waals surface area contributed by atoms with Gasteiger partial charge in [-0.05, 0) is 32.9 Å². The van der Waals surface area contributed by atoms with Crippen LogP contribution in [0.3, 0.4) is 0 Å². The molecule has 2 rings (SSSR count). The minimum Gasteiger partial charge on any atom is -0.473 e. The number of nitrogens with one attached hydrogen (secondary N) is 1. The highest BCUT2D eigenvalue weighted by Gasteiger charge is 2.31. The van der Waals surface area contributed by atoms with E-state index in [1.54, 1.807) is 24.0 Å².